The molecule has 2 N–H and O–H groups in total. The summed E-state index contributed by atoms with van der Waals surface area (Å²) in [6.07, 6.45) is 0. The second-order valence-corrected chi connectivity index (χ2v) is 6.30. The van der Waals surface area contributed by atoms with Gasteiger partial charge in [0.05, 0.1) is 11.2 Å². The Morgan fingerprint density at radius 1 is 1.40 bits per heavy atom. The molecule has 0 bridgehead atoms. The van der Waals surface area contributed by atoms with Crippen LogP contribution in [-0.2, 0) is 5.41 Å². The van der Waals surface area contributed by atoms with Gasteiger partial charge in [-0.25, -0.2) is 4.98 Å². The fourth-order valence-corrected chi connectivity index (χ4v) is 2.60. The number of aromatic nitrogens is 1. The quantitative estimate of drug-likeness (QED) is 0.865. The summed E-state index contributed by atoms with van der Waals surface area (Å²) in [5, 5.41) is 6.22. The van der Waals surface area contributed by atoms with Gasteiger partial charge in [-0.3, -0.25) is 4.79 Å². The number of nitrogens with zero attached hydrogens (tertiary/aromatic N) is 1. The van der Waals surface area contributed by atoms with E-state index in [9.17, 15) is 4.79 Å². The third-order valence-corrected chi connectivity index (χ3v) is 3.43. The summed E-state index contributed by atoms with van der Waals surface area (Å²) >= 11 is 1.41. The predicted octanol–water partition coefficient (Wildman–Crippen LogP) is 3.01. The van der Waals surface area contributed by atoms with E-state index >= 15 is 0 Å². The Morgan fingerprint density at radius 2 is 2.00 bits per heavy atom. The van der Waals surface area contributed by atoms with Crippen molar-refractivity contribution in [1.29, 1.82) is 0 Å². The van der Waals surface area contributed by atoms with Crippen LogP contribution in [0, 0.1) is 0 Å². The maximum Gasteiger partial charge on any atom is 0.263 e. The molecule has 0 saturated heterocycles. The summed E-state index contributed by atoms with van der Waals surface area (Å²) in [7, 11) is 0. The van der Waals surface area contributed by atoms with E-state index in [1.807, 2.05) is 0 Å². The number of thiazole rings is 1. The first-order valence-corrected chi connectivity index (χ1v) is 7.19. The molecule has 1 heterocycles. The van der Waals surface area contributed by atoms with Gasteiger partial charge in [-0.15, -0.1) is 36.2 Å². The third-order valence-electron chi connectivity index (χ3n) is 2.61. The molecule has 0 aliphatic rings. The molecule has 1 atom stereocenters. The van der Waals surface area contributed by atoms with E-state index in [1.54, 1.807) is 5.51 Å². The number of carbonyl (C=O) groups is 1. The Morgan fingerprint density at radius 3 is 2.50 bits per heavy atom. The minimum absolute atomic E-state index is 0. The SMILES string of the molecule is CCN[C@H](C)CNC(=O)c1scnc1C(C)(C)C.Cl.Cl. The molecule has 4 nitrogen and oxygen atoms in total. The van der Waals surface area contributed by atoms with E-state index in [-0.39, 0.29) is 42.2 Å². The Kier molecular flexibility index (Phi) is 10.5. The van der Waals surface area contributed by atoms with Crippen molar-refractivity contribution in [3.63, 3.8) is 0 Å². The maximum atomic E-state index is 12.1. The van der Waals surface area contributed by atoms with Crippen LogP contribution in [0.1, 0.15) is 50.0 Å². The summed E-state index contributed by atoms with van der Waals surface area (Å²) in [5.74, 6) is -0.0211. The van der Waals surface area contributed by atoms with Crippen LogP contribution in [0.25, 0.3) is 0 Å². The van der Waals surface area contributed by atoms with Gasteiger partial charge in [0.15, 0.2) is 0 Å². The second-order valence-electron chi connectivity index (χ2n) is 5.45. The monoisotopic (exact) mass is 341 g/mol. The molecule has 0 unspecified atom stereocenters. The minimum atomic E-state index is -0.0973. The molecule has 0 radical (unpaired) electrons. The van der Waals surface area contributed by atoms with E-state index in [4.69, 9.17) is 0 Å². The van der Waals surface area contributed by atoms with Gasteiger partial charge in [0.25, 0.3) is 5.91 Å². The molecule has 1 aromatic rings. The summed E-state index contributed by atoms with van der Waals surface area (Å²) < 4.78 is 0. The van der Waals surface area contributed by atoms with Crippen molar-refractivity contribution in [2.45, 2.75) is 46.1 Å². The highest BCUT2D eigenvalue weighted by Gasteiger charge is 2.24. The van der Waals surface area contributed by atoms with Crippen molar-refractivity contribution in [1.82, 2.24) is 15.6 Å². The lowest BCUT2D eigenvalue weighted by Gasteiger charge is -2.18. The number of carbonyl (C=O) groups excluding carboxylic acids is 1. The molecule has 1 aromatic heterocycles. The first-order chi connectivity index (χ1) is 8.36. The Balaban J connectivity index is 0. The molecule has 1 amide bonds. The van der Waals surface area contributed by atoms with Gasteiger partial charge in [-0.05, 0) is 13.5 Å². The van der Waals surface area contributed by atoms with E-state index in [0.717, 1.165) is 17.1 Å². The van der Waals surface area contributed by atoms with Crippen LogP contribution < -0.4 is 10.6 Å². The van der Waals surface area contributed by atoms with Gasteiger partial charge in [-0.1, -0.05) is 27.7 Å². The molecule has 0 saturated carbocycles. The zero-order valence-electron chi connectivity index (χ0n) is 12.6. The average Bonchev–Trinajstić information content (AvgIpc) is 2.74. The molecule has 0 aliphatic heterocycles. The largest absolute Gasteiger partial charge is 0.350 e. The topological polar surface area (TPSA) is 54.0 Å². The van der Waals surface area contributed by atoms with Crippen molar-refractivity contribution in [3.05, 3.63) is 16.1 Å². The number of hydrogen-bond donors (Lipinski definition) is 2. The van der Waals surface area contributed by atoms with Crippen molar-refractivity contribution in [2.75, 3.05) is 13.1 Å². The van der Waals surface area contributed by atoms with E-state index < -0.39 is 0 Å². The second kappa shape index (κ2) is 9.55. The number of halogens is 2. The lowest BCUT2D eigenvalue weighted by Crippen LogP contribution is -2.39. The molecule has 0 aromatic carbocycles. The molecule has 20 heavy (non-hydrogen) atoms. The Bertz CT molecular complexity index is 405. The van der Waals surface area contributed by atoms with Gasteiger partial charge in [0.2, 0.25) is 0 Å². The Hall–Kier alpha value is -0.360. The van der Waals surface area contributed by atoms with E-state index in [0.29, 0.717) is 6.54 Å². The van der Waals surface area contributed by atoms with Crippen molar-refractivity contribution >= 4 is 42.1 Å². The number of amides is 1. The molecular formula is C13H25Cl2N3OS. The van der Waals surface area contributed by atoms with Gasteiger partial charge < -0.3 is 10.6 Å². The molecular weight excluding hydrogens is 317 g/mol. The smallest absolute Gasteiger partial charge is 0.263 e. The van der Waals surface area contributed by atoms with Gasteiger partial charge in [-0.2, -0.15) is 0 Å². The van der Waals surface area contributed by atoms with Crippen LogP contribution in [0.15, 0.2) is 5.51 Å². The summed E-state index contributed by atoms with van der Waals surface area (Å²) in [6.45, 7) is 11.9. The number of likely N-dealkylation sites (N-methyl/N-ethyl adjacent to an activating group) is 1. The average molecular weight is 342 g/mol. The standard InChI is InChI=1S/C13H23N3OS.2ClH/c1-6-14-9(2)7-15-12(17)10-11(13(3,4)5)16-8-18-10;;/h8-9,14H,6-7H2,1-5H3,(H,15,17);2*1H/t9-;;/m1../s1. The fraction of sp³-hybridized carbons (Fsp3) is 0.692. The number of nitrogens with one attached hydrogen (secondary N) is 2. The van der Waals surface area contributed by atoms with Crippen LogP contribution in [0.4, 0.5) is 0 Å². The summed E-state index contributed by atoms with van der Waals surface area (Å²) in [4.78, 5) is 17.2. The highest BCUT2D eigenvalue weighted by Crippen LogP contribution is 2.26. The van der Waals surface area contributed by atoms with Crippen molar-refractivity contribution in [2.24, 2.45) is 0 Å². The molecule has 0 fully saturated rings. The molecule has 7 heteroatoms. The summed E-state index contributed by atoms with van der Waals surface area (Å²) in [5.41, 5.74) is 2.52. The third kappa shape index (κ3) is 6.39. The maximum absolute atomic E-state index is 12.1. The fourth-order valence-electron chi connectivity index (χ4n) is 1.69. The van der Waals surface area contributed by atoms with Gasteiger partial charge >= 0.3 is 0 Å². The van der Waals surface area contributed by atoms with Gasteiger partial charge in [0, 0.05) is 18.0 Å². The highest BCUT2D eigenvalue weighted by atomic mass is 35.5. The summed E-state index contributed by atoms with van der Waals surface area (Å²) in [6, 6.07) is 0.282. The lowest BCUT2D eigenvalue weighted by molar-refractivity contribution is 0.0952. The highest BCUT2D eigenvalue weighted by molar-refractivity contribution is 7.11. The molecule has 0 spiro atoms. The zero-order chi connectivity index (χ0) is 13.8. The van der Waals surface area contributed by atoms with Crippen LogP contribution >= 0.6 is 36.2 Å². The normalized spacial score (nSPS) is 12.1. The first-order valence-electron chi connectivity index (χ1n) is 6.31. The van der Waals surface area contributed by atoms with E-state index in [1.165, 1.54) is 11.3 Å². The molecule has 1 rings (SSSR count). The van der Waals surface area contributed by atoms with Crippen LogP contribution in [0.3, 0.4) is 0 Å². The predicted molar refractivity (Wildman–Crippen MR) is 90.8 cm³/mol. The van der Waals surface area contributed by atoms with Crippen LogP contribution in [0.2, 0.25) is 0 Å². The lowest BCUT2D eigenvalue weighted by atomic mass is 9.91. The molecule has 0 aliphatic carbocycles. The van der Waals surface area contributed by atoms with Crippen LogP contribution in [-0.4, -0.2) is 30.0 Å². The van der Waals surface area contributed by atoms with Crippen LogP contribution in [0.5, 0.6) is 0 Å². The number of hydrogen-bond acceptors (Lipinski definition) is 4. The Labute approximate surface area is 138 Å². The first kappa shape index (κ1) is 21.9. The van der Waals surface area contributed by atoms with E-state index in [2.05, 4.69) is 50.2 Å². The van der Waals surface area contributed by atoms with Crippen molar-refractivity contribution < 1.29 is 4.79 Å². The van der Waals surface area contributed by atoms with Crippen molar-refractivity contribution in [3.8, 4) is 0 Å². The number of rotatable bonds is 5. The zero-order valence-corrected chi connectivity index (χ0v) is 15.1. The minimum Gasteiger partial charge on any atom is -0.350 e. The molecule has 118 valence electrons. The van der Waals surface area contributed by atoms with Gasteiger partial charge in [0.1, 0.15) is 4.88 Å².